The fraction of sp³-hybridized carbons (Fsp3) is 0.346. The molecule has 3 aromatic rings. The van der Waals surface area contributed by atoms with Crippen LogP contribution in [0.15, 0.2) is 60.2 Å². The molecule has 32 heavy (non-hydrogen) atoms. The van der Waals surface area contributed by atoms with Gasteiger partial charge >= 0.3 is 0 Å². The van der Waals surface area contributed by atoms with Crippen molar-refractivity contribution in [3.05, 3.63) is 76.2 Å². The molecule has 1 aliphatic rings. The van der Waals surface area contributed by atoms with Crippen LogP contribution in [0.5, 0.6) is 0 Å². The van der Waals surface area contributed by atoms with Gasteiger partial charge in [-0.3, -0.25) is 14.6 Å². The zero-order valence-corrected chi connectivity index (χ0v) is 19.7. The summed E-state index contributed by atoms with van der Waals surface area (Å²) in [6.07, 6.45) is 5.62. The molecule has 0 saturated carbocycles. The van der Waals surface area contributed by atoms with Crippen molar-refractivity contribution in [2.75, 3.05) is 27.2 Å². The molecule has 0 radical (unpaired) electrons. The number of piperidine rings is 1. The maximum Gasteiger partial charge on any atom is 0.254 e. The normalized spacial score (nSPS) is 15.4. The van der Waals surface area contributed by atoms with Crippen LogP contribution in [-0.2, 0) is 11.2 Å². The molecular formula is C26H29N3O2S. The number of pyridine rings is 1. The summed E-state index contributed by atoms with van der Waals surface area (Å²) in [5.41, 5.74) is 3.55. The van der Waals surface area contributed by atoms with Gasteiger partial charge in [0.25, 0.3) is 5.91 Å². The Morgan fingerprint density at radius 1 is 1.09 bits per heavy atom. The zero-order valence-electron chi connectivity index (χ0n) is 18.9. The lowest BCUT2D eigenvalue weighted by atomic mass is 9.72. The summed E-state index contributed by atoms with van der Waals surface area (Å²) in [4.78, 5) is 35.2. The first-order valence-corrected chi connectivity index (χ1v) is 11.8. The van der Waals surface area contributed by atoms with Crippen molar-refractivity contribution in [2.45, 2.75) is 26.2 Å². The molecule has 0 unspecified atom stereocenters. The fourth-order valence-electron chi connectivity index (χ4n) is 4.60. The molecule has 2 amide bonds. The van der Waals surface area contributed by atoms with E-state index in [2.05, 4.69) is 23.2 Å². The maximum absolute atomic E-state index is 13.3. The Kier molecular flexibility index (Phi) is 6.42. The van der Waals surface area contributed by atoms with Crippen LogP contribution >= 0.6 is 11.3 Å². The molecule has 5 nitrogen and oxygen atoms in total. The van der Waals surface area contributed by atoms with Gasteiger partial charge in [0, 0.05) is 49.8 Å². The molecule has 3 heterocycles. The SMILES string of the molecule is Cc1cc(C(=O)N2CCC(Cc3cccc(-c4cccnc4)c3)(C(=O)N(C)C)CC2)cs1. The van der Waals surface area contributed by atoms with E-state index in [0.717, 1.165) is 27.1 Å². The van der Waals surface area contributed by atoms with Crippen molar-refractivity contribution in [1.82, 2.24) is 14.8 Å². The highest BCUT2D eigenvalue weighted by Gasteiger charge is 2.43. The highest BCUT2D eigenvalue weighted by molar-refractivity contribution is 7.10. The van der Waals surface area contributed by atoms with Gasteiger partial charge in [0.15, 0.2) is 0 Å². The number of likely N-dealkylation sites (tertiary alicyclic amines) is 1. The molecule has 0 N–H and O–H groups in total. The molecule has 1 saturated heterocycles. The minimum Gasteiger partial charge on any atom is -0.348 e. The van der Waals surface area contributed by atoms with Gasteiger partial charge in [-0.1, -0.05) is 30.3 Å². The number of rotatable bonds is 5. The Morgan fingerprint density at radius 2 is 1.84 bits per heavy atom. The standard InChI is InChI=1S/C26H29N3O2S/c1-19-14-23(18-32-19)24(30)29-12-9-26(10-13-29,25(31)28(2)3)16-20-6-4-7-21(15-20)22-8-5-11-27-17-22/h4-8,11,14-15,17-18H,9-10,12-13,16H2,1-3H3. The van der Waals surface area contributed by atoms with E-state index in [1.165, 1.54) is 0 Å². The Labute approximate surface area is 193 Å². The second-order valence-electron chi connectivity index (χ2n) is 8.84. The van der Waals surface area contributed by atoms with E-state index in [0.29, 0.717) is 32.4 Å². The van der Waals surface area contributed by atoms with Gasteiger partial charge < -0.3 is 9.80 Å². The molecule has 4 rings (SSSR count). The van der Waals surface area contributed by atoms with Crippen molar-refractivity contribution in [3.63, 3.8) is 0 Å². The molecular weight excluding hydrogens is 418 g/mol. The molecule has 1 aliphatic heterocycles. The van der Waals surface area contributed by atoms with E-state index < -0.39 is 5.41 Å². The first-order chi connectivity index (χ1) is 15.4. The minimum atomic E-state index is -0.502. The van der Waals surface area contributed by atoms with Gasteiger partial charge in [0.1, 0.15) is 0 Å². The smallest absolute Gasteiger partial charge is 0.254 e. The van der Waals surface area contributed by atoms with Crippen LogP contribution in [0.1, 0.15) is 33.6 Å². The predicted octanol–water partition coefficient (Wildman–Crippen LogP) is 4.67. The summed E-state index contributed by atoms with van der Waals surface area (Å²) in [6, 6.07) is 14.3. The van der Waals surface area contributed by atoms with E-state index in [9.17, 15) is 9.59 Å². The number of aromatic nitrogens is 1. The summed E-state index contributed by atoms with van der Waals surface area (Å²) >= 11 is 1.59. The van der Waals surface area contributed by atoms with E-state index in [1.807, 2.05) is 61.8 Å². The maximum atomic E-state index is 13.3. The van der Waals surface area contributed by atoms with Crippen LogP contribution in [0.4, 0.5) is 0 Å². The third kappa shape index (κ3) is 4.60. The van der Waals surface area contributed by atoms with E-state index in [1.54, 1.807) is 22.4 Å². The summed E-state index contributed by atoms with van der Waals surface area (Å²) < 4.78 is 0. The van der Waals surface area contributed by atoms with Crippen molar-refractivity contribution in [1.29, 1.82) is 0 Å². The molecule has 0 spiro atoms. The van der Waals surface area contributed by atoms with Crippen molar-refractivity contribution in [3.8, 4) is 11.1 Å². The largest absolute Gasteiger partial charge is 0.348 e. The molecule has 6 heteroatoms. The topological polar surface area (TPSA) is 53.5 Å². The van der Waals surface area contributed by atoms with Crippen LogP contribution in [0.25, 0.3) is 11.1 Å². The molecule has 1 fully saturated rings. The van der Waals surface area contributed by atoms with Crippen molar-refractivity contribution < 1.29 is 9.59 Å². The van der Waals surface area contributed by atoms with Gasteiger partial charge in [-0.2, -0.15) is 0 Å². The average Bonchev–Trinajstić information content (AvgIpc) is 3.25. The number of hydrogen-bond donors (Lipinski definition) is 0. The van der Waals surface area contributed by atoms with Gasteiger partial charge in [-0.05, 0) is 55.0 Å². The van der Waals surface area contributed by atoms with Crippen LogP contribution in [0.2, 0.25) is 0 Å². The highest BCUT2D eigenvalue weighted by atomic mass is 32.1. The number of carbonyl (C=O) groups is 2. The van der Waals surface area contributed by atoms with Gasteiger partial charge in [0.2, 0.25) is 5.91 Å². The summed E-state index contributed by atoms with van der Waals surface area (Å²) in [6.45, 7) is 3.20. The van der Waals surface area contributed by atoms with E-state index >= 15 is 0 Å². The van der Waals surface area contributed by atoms with Gasteiger partial charge in [-0.25, -0.2) is 0 Å². The number of benzene rings is 1. The molecule has 1 aromatic carbocycles. The first kappa shape index (κ1) is 22.2. The Morgan fingerprint density at radius 3 is 2.47 bits per heavy atom. The number of thiophene rings is 1. The van der Waals surface area contributed by atoms with Crippen molar-refractivity contribution >= 4 is 23.2 Å². The first-order valence-electron chi connectivity index (χ1n) is 10.9. The lowest BCUT2D eigenvalue weighted by molar-refractivity contribution is -0.142. The number of carbonyl (C=O) groups excluding carboxylic acids is 2. The Balaban J connectivity index is 1.55. The van der Waals surface area contributed by atoms with Crippen LogP contribution in [-0.4, -0.2) is 53.8 Å². The summed E-state index contributed by atoms with van der Waals surface area (Å²) in [7, 11) is 3.64. The van der Waals surface area contributed by atoms with Gasteiger partial charge in [0.05, 0.1) is 11.0 Å². The third-order valence-corrected chi connectivity index (χ3v) is 7.17. The number of nitrogens with zero attached hydrogens (tertiary/aromatic N) is 3. The van der Waals surface area contributed by atoms with Crippen LogP contribution in [0, 0.1) is 12.3 Å². The Hall–Kier alpha value is -2.99. The number of hydrogen-bond acceptors (Lipinski definition) is 4. The fourth-order valence-corrected chi connectivity index (χ4v) is 5.28. The van der Waals surface area contributed by atoms with Crippen LogP contribution in [0.3, 0.4) is 0 Å². The predicted molar refractivity (Wildman–Crippen MR) is 129 cm³/mol. The van der Waals surface area contributed by atoms with E-state index in [4.69, 9.17) is 0 Å². The zero-order chi connectivity index (χ0) is 22.7. The molecule has 0 atom stereocenters. The second kappa shape index (κ2) is 9.25. The monoisotopic (exact) mass is 447 g/mol. The van der Waals surface area contributed by atoms with Crippen LogP contribution < -0.4 is 0 Å². The molecule has 166 valence electrons. The Bertz CT molecular complexity index is 1100. The third-order valence-electron chi connectivity index (χ3n) is 6.31. The highest BCUT2D eigenvalue weighted by Crippen LogP contribution is 2.38. The summed E-state index contributed by atoms with van der Waals surface area (Å²) in [5, 5.41) is 1.93. The second-order valence-corrected chi connectivity index (χ2v) is 9.95. The molecule has 2 aromatic heterocycles. The minimum absolute atomic E-state index is 0.0684. The van der Waals surface area contributed by atoms with E-state index in [-0.39, 0.29) is 11.8 Å². The molecule has 0 bridgehead atoms. The lowest BCUT2D eigenvalue weighted by Crippen LogP contribution is -2.50. The van der Waals surface area contributed by atoms with Gasteiger partial charge in [-0.15, -0.1) is 11.3 Å². The lowest BCUT2D eigenvalue weighted by Gasteiger charge is -2.42. The number of amides is 2. The molecule has 0 aliphatic carbocycles. The number of aryl methyl sites for hydroxylation is 1. The average molecular weight is 448 g/mol. The van der Waals surface area contributed by atoms with Crippen molar-refractivity contribution in [2.24, 2.45) is 5.41 Å². The quantitative estimate of drug-likeness (QED) is 0.571. The summed E-state index contributed by atoms with van der Waals surface area (Å²) in [5.74, 6) is 0.210.